The number of nitrogens with zero attached hydrogens (tertiary/aromatic N) is 3. The number of amidine groups is 1. The van der Waals surface area contributed by atoms with Gasteiger partial charge in [0.05, 0.1) is 22.8 Å². The highest BCUT2D eigenvalue weighted by Crippen LogP contribution is 2.25. The first-order valence-corrected chi connectivity index (χ1v) is 8.03. The molecule has 0 aliphatic carbocycles. The van der Waals surface area contributed by atoms with Crippen molar-refractivity contribution in [3.63, 3.8) is 0 Å². The Balaban J connectivity index is 2.11. The molecule has 0 amide bonds. The highest BCUT2D eigenvalue weighted by molar-refractivity contribution is 6.31. The first kappa shape index (κ1) is 18.2. The quantitative estimate of drug-likeness (QED) is 0.367. The lowest BCUT2D eigenvalue weighted by molar-refractivity contribution is 0.235. The van der Waals surface area contributed by atoms with E-state index in [2.05, 4.69) is 15.0 Å². The van der Waals surface area contributed by atoms with Gasteiger partial charge in [0.2, 0.25) is 0 Å². The summed E-state index contributed by atoms with van der Waals surface area (Å²) >= 11 is 5.76. The van der Waals surface area contributed by atoms with Crippen molar-refractivity contribution in [2.45, 2.75) is 6.54 Å². The summed E-state index contributed by atoms with van der Waals surface area (Å²) in [5, 5.41) is 9.43. The SMILES string of the molecule is CN(C)Cc1nc2c(F)ccc(C(=Nc3ccc(F)c(Cl)c3)NO)c2[nH]1. The molecule has 0 aliphatic rings. The van der Waals surface area contributed by atoms with Crippen molar-refractivity contribution in [2.24, 2.45) is 4.99 Å². The normalized spacial score (nSPS) is 12.2. The maximum absolute atomic E-state index is 14.1. The Morgan fingerprint density at radius 2 is 2.00 bits per heavy atom. The summed E-state index contributed by atoms with van der Waals surface area (Å²) < 4.78 is 27.4. The Bertz CT molecular complexity index is 987. The fourth-order valence-corrected chi connectivity index (χ4v) is 2.68. The number of aromatic nitrogens is 2. The van der Waals surface area contributed by atoms with E-state index >= 15 is 0 Å². The Hall–Kier alpha value is -2.55. The highest BCUT2D eigenvalue weighted by atomic mass is 35.5. The van der Waals surface area contributed by atoms with Crippen LogP contribution in [0.4, 0.5) is 14.5 Å². The Labute approximate surface area is 153 Å². The van der Waals surface area contributed by atoms with Crippen molar-refractivity contribution >= 4 is 34.2 Å². The van der Waals surface area contributed by atoms with Crippen molar-refractivity contribution in [3.05, 3.63) is 58.4 Å². The third-order valence-corrected chi connectivity index (χ3v) is 3.91. The van der Waals surface area contributed by atoms with Crippen LogP contribution < -0.4 is 5.48 Å². The standard InChI is InChI=1S/C17H16ClF2N5O/c1-25(2)8-14-22-15-10(4-6-13(20)16(15)23-14)17(24-26)21-9-3-5-12(19)11(18)7-9/h3-7,26H,8H2,1-2H3,(H,21,24)(H,22,23). The van der Waals surface area contributed by atoms with Gasteiger partial charge in [0.25, 0.3) is 0 Å². The molecule has 0 spiro atoms. The number of aliphatic imine (C=N–C) groups is 1. The second kappa shape index (κ2) is 7.36. The van der Waals surface area contributed by atoms with Gasteiger partial charge in [-0.15, -0.1) is 0 Å². The summed E-state index contributed by atoms with van der Waals surface area (Å²) in [6.07, 6.45) is 0. The zero-order valence-corrected chi connectivity index (χ0v) is 14.8. The fraction of sp³-hybridized carbons (Fsp3) is 0.176. The lowest BCUT2D eigenvalue weighted by Crippen LogP contribution is -2.20. The molecular weight excluding hydrogens is 364 g/mol. The van der Waals surface area contributed by atoms with Crippen LogP contribution in [0.1, 0.15) is 11.4 Å². The molecule has 9 heteroatoms. The summed E-state index contributed by atoms with van der Waals surface area (Å²) in [6.45, 7) is 0.486. The summed E-state index contributed by atoms with van der Waals surface area (Å²) in [5.41, 5.74) is 3.24. The molecule has 0 aliphatic heterocycles. The molecule has 3 rings (SSSR count). The average Bonchev–Trinajstić information content (AvgIpc) is 3.00. The van der Waals surface area contributed by atoms with Crippen LogP contribution in [0.2, 0.25) is 5.02 Å². The number of aromatic amines is 1. The van der Waals surface area contributed by atoms with E-state index in [1.54, 1.807) is 0 Å². The number of fused-ring (bicyclic) bond motifs is 1. The predicted molar refractivity (Wildman–Crippen MR) is 96.0 cm³/mol. The summed E-state index contributed by atoms with van der Waals surface area (Å²) in [6, 6.07) is 6.59. The van der Waals surface area contributed by atoms with Crippen LogP contribution in [0.25, 0.3) is 11.0 Å². The number of hydroxylamine groups is 1. The summed E-state index contributed by atoms with van der Waals surface area (Å²) in [7, 11) is 3.73. The van der Waals surface area contributed by atoms with Crippen LogP contribution in [0.3, 0.4) is 0 Å². The number of halogens is 3. The molecular formula is C17H16ClF2N5O. The minimum Gasteiger partial charge on any atom is -0.340 e. The molecule has 0 fully saturated rings. The molecule has 0 saturated heterocycles. The first-order valence-electron chi connectivity index (χ1n) is 7.65. The number of benzene rings is 2. The summed E-state index contributed by atoms with van der Waals surface area (Å²) in [4.78, 5) is 13.4. The number of nitrogens with one attached hydrogen (secondary N) is 2. The number of hydrogen-bond acceptors (Lipinski definition) is 4. The van der Waals surface area contributed by atoms with Crippen LogP contribution in [0, 0.1) is 11.6 Å². The van der Waals surface area contributed by atoms with E-state index in [-0.39, 0.29) is 16.4 Å². The first-order chi connectivity index (χ1) is 12.4. The molecule has 26 heavy (non-hydrogen) atoms. The molecule has 6 nitrogen and oxygen atoms in total. The minimum absolute atomic E-state index is 0.0396. The van der Waals surface area contributed by atoms with E-state index in [9.17, 15) is 14.0 Å². The van der Waals surface area contributed by atoms with Gasteiger partial charge < -0.3 is 9.88 Å². The number of hydrogen-bond donors (Lipinski definition) is 3. The smallest absolute Gasteiger partial charge is 0.159 e. The summed E-state index contributed by atoms with van der Waals surface area (Å²) in [5.74, 6) is -0.460. The van der Waals surface area contributed by atoms with Crippen LogP contribution in [0.5, 0.6) is 0 Å². The lowest BCUT2D eigenvalue weighted by atomic mass is 10.1. The van der Waals surface area contributed by atoms with Gasteiger partial charge in [-0.2, -0.15) is 0 Å². The molecule has 0 saturated carbocycles. The molecule has 3 aromatic rings. The lowest BCUT2D eigenvalue weighted by Gasteiger charge is -2.07. The number of rotatable bonds is 4. The zero-order chi connectivity index (χ0) is 18.8. The Kier molecular flexibility index (Phi) is 5.17. The number of imidazole rings is 1. The van der Waals surface area contributed by atoms with Gasteiger partial charge in [-0.25, -0.2) is 18.8 Å². The van der Waals surface area contributed by atoms with Gasteiger partial charge in [-0.3, -0.25) is 10.7 Å². The minimum atomic E-state index is -0.574. The van der Waals surface area contributed by atoms with Crippen LogP contribution in [-0.4, -0.2) is 40.0 Å². The van der Waals surface area contributed by atoms with E-state index < -0.39 is 11.6 Å². The van der Waals surface area contributed by atoms with Crippen LogP contribution in [0.15, 0.2) is 35.3 Å². The van der Waals surface area contributed by atoms with Crippen LogP contribution in [-0.2, 0) is 6.54 Å². The van der Waals surface area contributed by atoms with E-state index in [0.717, 1.165) is 0 Å². The Morgan fingerprint density at radius 3 is 2.65 bits per heavy atom. The van der Waals surface area contributed by atoms with Gasteiger partial charge in [0, 0.05) is 5.56 Å². The van der Waals surface area contributed by atoms with Crippen LogP contribution >= 0.6 is 11.6 Å². The molecule has 0 radical (unpaired) electrons. The van der Waals surface area contributed by atoms with Gasteiger partial charge >= 0.3 is 0 Å². The second-order valence-electron chi connectivity index (χ2n) is 5.91. The topological polar surface area (TPSA) is 76.5 Å². The third kappa shape index (κ3) is 3.67. The Morgan fingerprint density at radius 1 is 1.27 bits per heavy atom. The van der Waals surface area contributed by atoms with E-state index in [4.69, 9.17) is 11.6 Å². The van der Waals surface area contributed by atoms with Gasteiger partial charge in [-0.05, 0) is 44.4 Å². The molecule has 0 unspecified atom stereocenters. The van der Waals surface area contributed by atoms with Crippen molar-refractivity contribution in [1.82, 2.24) is 20.3 Å². The molecule has 1 heterocycles. The van der Waals surface area contributed by atoms with Crippen molar-refractivity contribution in [1.29, 1.82) is 0 Å². The monoisotopic (exact) mass is 379 g/mol. The number of H-pyrrole nitrogens is 1. The van der Waals surface area contributed by atoms with Crippen molar-refractivity contribution in [2.75, 3.05) is 14.1 Å². The highest BCUT2D eigenvalue weighted by Gasteiger charge is 2.16. The fourth-order valence-electron chi connectivity index (χ4n) is 2.51. The maximum atomic E-state index is 14.1. The van der Waals surface area contributed by atoms with E-state index in [0.29, 0.717) is 29.1 Å². The average molecular weight is 380 g/mol. The molecule has 2 aromatic carbocycles. The molecule has 0 bridgehead atoms. The zero-order valence-electron chi connectivity index (χ0n) is 14.0. The third-order valence-electron chi connectivity index (χ3n) is 3.62. The largest absolute Gasteiger partial charge is 0.340 e. The predicted octanol–water partition coefficient (Wildman–Crippen LogP) is 3.61. The maximum Gasteiger partial charge on any atom is 0.159 e. The van der Waals surface area contributed by atoms with Gasteiger partial charge in [0.1, 0.15) is 17.2 Å². The molecule has 0 atom stereocenters. The van der Waals surface area contributed by atoms with Crippen molar-refractivity contribution < 1.29 is 14.0 Å². The van der Waals surface area contributed by atoms with Gasteiger partial charge in [0.15, 0.2) is 11.7 Å². The second-order valence-corrected chi connectivity index (χ2v) is 6.32. The van der Waals surface area contributed by atoms with Crippen molar-refractivity contribution in [3.8, 4) is 0 Å². The molecule has 3 N–H and O–H groups in total. The van der Waals surface area contributed by atoms with E-state index in [1.165, 1.54) is 30.3 Å². The molecule has 1 aromatic heterocycles. The van der Waals surface area contributed by atoms with Gasteiger partial charge in [-0.1, -0.05) is 11.6 Å². The molecule has 136 valence electrons. The van der Waals surface area contributed by atoms with E-state index in [1.807, 2.05) is 24.5 Å².